The fraction of sp³-hybridized carbons (Fsp3) is 0.600. The Hall–Kier alpha value is -0.810. The summed E-state index contributed by atoms with van der Waals surface area (Å²) in [6.07, 6.45) is -0.582. The minimum absolute atomic E-state index is 0.582. The Balaban J connectivity index is 2.23. The number of methoxy groups -OCH3 is 1. The Labute approximate surface area is 125 Å². The number of benzene rings is 1. The summed E-state index contributed by atoms with van der Waals surface area (Å²) < 4.78 is 5.42. The van der Waals surface area contributed by atoms with E-state index < -0.39 is 6.10 Å². The summed E-state index contributed by atoms with van der Waals surface area (Å²) in [4.78, 5) is 2.26. The minimum Gasteiger partial charge on any atom is -0.496 e. The number of halogens is 1. The average Bonchev–Trinajstić information content (AvgIpc) is 2.45. The number of piperazine rings is 1. The van der Waals surface area contributed by atoms with E-state index >= 15 is 0 Å². The second kappa shape index (κ2) is 6.76. The third-order valence-corrected chi connectivity index (χ3v) is 4.47. The van der Waals surface area contributed by atoms with Gasteiger partial charge in [0, 0.05) is 43.3 Å². The van der Waals surface area contributed by atoms with Crippen molar-refractivity contribution in [2.75, 3.05) is 39.8 Å². The van der Waals surface area contributed by atoms with Gasteiger partial charge >= 0.3 is 0 Å². The van der Waals surface area contributed by atoms with Crippen LogP contribution in [0.1, 0.15) is 22.8 Å². The van der Waals surface area contributed by atoms with Crippen LogP contribution in [0.25, 0.3) is 0 Å². The summed E-state index contributed by atoms with van der Waals surface area (Å²) >= 11 is 6.31. The Morgan fingerprint density at radius 1 is 1.40 bits per heavy atom. The van der Waals surface area contributed by atoms with Crippen LogP contribution in [0.5, 0.6) is 5.75 Å². The maximum Gasteiger partial charge on any atom is 0.125 e. The molecule has 1 aromatic rings. The van der Waals surface area contributed by atoms with E-state index in [4.69, 9.17) is 16.3 Å². The van der Waals surface area contributed by atoms with E-state index in [9.17, 15) is 5.11 Å². The van der Waals surface area contributed by atoms with Gasteiger partial charge in [-0.05, 0) is 31.0 Å². The number of aryl methyl sites for hydroxylation is 1. The fourth-order valence-electron chi connectivity index (χ4n) is 2.75. The monoisotopic (exact) mass is 298 g/mol. The topological polar surface area (TPSA) is 44.7 Å². The molecule has 112 valence electrons. The highest BCUT2D eigenvalue weighted by atomic mass is 35.5. The highest BCUT2D eigenvalue weighted by Crippen LogP contribution is 2.35. The molecule has 1 saturated heterocycles. The van der Waals surface area contributed by atoms with Crippen LogP contribution in [0.3, 0.4) is 0 Å². The molecule has 1 unspecified atom stereocenters. The first-order chi connectivity index (χ1) is 9.54. The molecule has 2 rings (SSSR count). The van der Waals surface area contributed by atoms with E-state index in [-0.39, 0.29) is 0 Å². The first kappa shape index (κ1) is 15.6. The van der Waals surface area contributed by atoms with Crippen LogP contribution < -0.4 is 10.1 Å². The molecule has 1 fully saturated rings. The van der Waals surface area contributed by atoms with E-state index in [0.717, 1.165) is 42.9 Å². The zero-order valence-electron chi connectivity index (χ0n) is 12.4. The second-order valence-electron chi connectivity index (χ2n) is 5.31. The maximum absolute atomic E-state index is 10.6. The smallest absolute Gasteiger partial charge is 0.125 e. The summed E-state index contributed by atoms with van der Waals surface area (Å²) in [7, 11) is 1.63. The van der Waals surface area contributed by atoms with Crippen LogP contribution >= 0.6 is 11.6 Å². The molecule has 0 radical (unpaired) electrons. The number of nitrogens with zero attached hydrogens (tertiary/aromatic N) is 1. The van der Waals surface area contributed by atoms with Crippen molar-refractivity contribution in [1.29, 1.82) is 0 Å². The molecule has 4 nitrogen and oxygen atoms in total. The van der Waals surface area contributed by atoms with Crippen molar-refractivity contribution in [3.05, 3.63) is 27.8 Å². The molecule has 5 heteroatoms. The predicted molar refractivity (Wildman–Crippen MR) is 81.7 cm³/mol. The van der Waals surface area contributed by atoms with Gasteiger partial charge in [0.25, 0.3) is 0 Å². The molecular weight excluding hydrogens is 276 g/mol. The van der Waals surface area contributed by atoms with Crippen molar-refractivity contribution >= 4 is 11.6 Å². The van der Waals surface area contributed by atoms with E-state index in [1.807, 2.05) is 19.9 Å². The summed E-state index contributed by atoms with van der Waals surface area (Å²) in [5, 5.41) is 14.6. The van der Waals surface area contributed by atoms with E-state index in [1.165, 1.54) is 0 Å². The van der Waals surface area contributed by atoms with Crippen LogP contribution in [0.2, 0.25) is 5.02 Å². The SMILES string of the molecule is COc1cc(C)c(Cl)c(C)c1C(O)CN1CCNCC1. The van der Waals surface area contributed by atoms with Gasteiger partial charge in [-0.2, -0.15) is 0 Å². The van der Waals surface area contributed by atoms with Gasteiger partial charge in [-0.3, -0.25) is 4.90 Å². The van der Waals surface area contributed by atoms with Crippen molar-refractivity contribution in [3.63, 3.8) is 0 Å². The molecule has 1 heterocycles. The molecule has 0 saturated carbocycles. The average molecular weight is 299 g/mol. The molecular formula is C15H23ClN2O2. The fourth-order valence-corrected chi connectivity index (χ4v) is 2.91. The van der Waals surface area contributed by atoms with Crippen molar-refractivity contribution in [2.45, 2.75) is 20.0 Å². The van der Waals surface area contributed by atoms with Gasteiger partial charge in [0.1, 0.15) is 5.75 Å². The van der Waals surface area contributed by atoms with E-state index in [0.29, 0.717) is 17.3 Å². The van der Waals surface area contributed by atoms with Gasteiger partial charge in [0.15, 0.2) is 0 Å². The number of rotatable bonds is 4. The van der Waals surface area contributed by atoms with E-state index in [2.05, 4.69) is 10.2 Å². The Morgan fingerprint density at radius 3 is 2.65 bits per heavy atom. The number of hydrogen-bond acceptors (Lipinski definition) is 4. The molecule has 2 N–H and O–H groups in total. The number of nitrogens with one attached hydrogen (secondary N) is 1. The largest absolute Gasteiger partial charge is 0.496 e. The number of aliphatic hydroxyl groups is 1. The van der Waals surface area contributed by atoms with Crippen LogP contribution in [0, 0.1) is 13.8 Å². The van der Waals surface area contributed by atoms with Gasteiger partial charge < -0.3 is 15.2 Å². The van der Waals surface area contributed by atoms with Crippen LogP contribution in [-0.2, 0) is 0 Å². The summed E-state index contributed by atoms with van der Waals surface area (Å²) in [6.45, 7) is 8.35. The number of β-amino-alcohol motifs (C(OH)–C–C–N with tert-alkyl or cyclic N) is 1. The van der Waals surface area contributed by atoms with Gasteiger partial charge in [-0.25, -0.2) is 0 Å². The lowest BCUT2D eigenvalue weighted by Gasteiger charge is -2.30. The number of aliphatic hydroxyl groups excluding tert-OH is 1. The van der Waals surface area contributed by atoms with Gasteiger partial charge in [-0.15, -0.1) is 0 Å². The maximum atomic E-state index is 10.6. The van der Waals surface area contributed by atoms with Crippen LogP contribution in [0.4, 0.5) is 0 Å². The molecule has 20 heavy (non-hydrogen) atoms. The highest BCUT2D eigenvalue weighted by molar-refractivity contribution is 6.32. The molecule has 0 aromatic heterocycles. The quantitative estimate of drug-likeness (QED) is 0.891. The molecule has 0 bridgehead atoms. The Morgan fingerprint density at radius 2 is 2.05 bits per heavy atom. The lowest BCUT2D eigenvalue weighted by atomic mass is 9.98. The summed E-state index contributed by atoms with van der Waals surface area (Å²) in [5.74, 6) is 0.715. The second-order valence-corrected chi connectivity index (χ2v) is 5.69. The highest BCUT2D eigenvalue weighted by Gasteiger charge is 2.22. The zero-order valence-corrected chi connectivity index (χ0v) is 13.1. The zero-order chi connectivity index (χ0) is 14.7. The first-order valence-corrected chi connectivity index (χ1v) is 7.37. The van der Waals surface area contributed by atoms with Crippen LogP contribution in [-0.4, -0.2) is 49.8 Å². The molecule has 1 atom stereocenters. The molecule has 0 spiro atoms. The Kier molecular flexibility index (Phi) is 5.27. The minimum atomic E-state index is -0.582. The van der Waals surface area contributed by atoms with E-state index in [1.54, 1.807) is 7.11 Å². The number of hydrogen-bond donors (Lipinski definition) is 2. The number of ether oxygens (including phenoxy) is 1. The molecule has 0 amide bonds. The van der Waals surface area contributed by atoms with Gasteiger partial charge in [-0.1, -0.05) is 11.6 Å². The van der Waals surface area contributed by atoms with Crippen LogP contribution in [0.15, 0.2) is 6.07 Å². The first-order valence-electron chi connectivity index (χ1n) is 6.99. The third-order valence-electron chi connectivity index (χ3n) is 3.89. The van der Waals surface area contributed by atoms with Crippen molar-refractivity contribution < 1.29 is 9.84 Å². The third kappa shape index (κ3) is 3.26. The Bertz CT molecular complexity index is 473. The van der Waals surface area contributed by atoms with Gasteiger partial charge in [0.2, 0.25) is 0 Å². The molecule has 1 aliphatic heterocycles. The standard InChI is InChI=1S/C15H23ClN2O2/c1-10-8-13(20-3)14(11(2)15(10)16)12(19)9-18-6-4-17-5-7-18/h8,12,17,19H,4-7,9H2,1-3H3. The van der Waals surface area contributed by atoms with Crippen molar-refractivity contribution in [1.82, 2.24) is 10.2 Å². The summed E-state index contributed by atoms with van der Waals surface area (Å²) in [5.41, 5.74) is 2.69. The summed E-state index contributed by atoms with van der Waals surface area (Å²) in [6, 6.07) is 1.89. The molecule has 0 aliphatic carbocycles. The normalized spacial score (nSPS) is 18.1. The lowest BCUT2D eigenvalue weighted by molar-refractivity contribution is 0.103. The van der Waals surface area contributed by atoms with Crippen molar-refractivity contribution in [2.24, 2.45) is 0 Å². The predicted octanol–water partition coefficient (Wildman–Crippen LogP) is 1.90. The molecule has 1 aromatic carbocycles. The van der Waals surface area contributed by atoms with Crippen molar-refractivity contribution in [3.8, 4) is 5.75 Å². The van der Waals surface area contributed by atoms with Gasteiger partial charge in [0.05, 0.1) is 13.2 Å². The lowest BCUT2D eigenvalue weighted by Crippen LogP contribution is -2.45. The molecule has 1 aliphatic rings.